The second-order valence-corrected chi connectivity index (χ2v) is 7.10. The lowest BCUT2D eigenvalue weighted by Gasteiger charge is -2.35. The lowest BCUT2D eigenvalue weighted by Crippen LogP contribution is -2.44. The van der Waals surface area contributed by atoms with Crippen LogP contribution in [0.4, 0.5) is 14.6 Å². The molecule has 2 aromatic heterocycles. The van der Waals surface area contributed by atoms with E-state index in [0.717, 1.165) is 35.3 Å². The van der Waals surface area contributed by atoms with Gasteiger partial charge in [-0.3, -0.25) is 4.90 Å². The highest BCUT2D eigenvalue weighted by Crippen LogP contribution is 2.29. The van der Waals surface area contributed by atoms with Gasteiger partial charge in [0.1, 0.15) is 17.8 Å². The summed E-state index contributed by atoms with van der Waals surface area (Å²) >= 11 is 0. The van der Waals surface area contributed by atoms with Crippen LogP contribution in [0.1, 0.15) is 30.1 Å². The number of aromatic amines is 1. The van der Waals surface area contributed by atoms with Crippen LogP contribution in [0.5, 0.6) is 0 Å². The van der Waals surface area contributed by atoms with Gasteiger partial charge in [0.2, 0.25) is 0 Å². The number of piperidine rings is 1. The molecule has 5 nitrogen and oxygen atoms in total. The largest absolute Gasteiger partial charge is 0.367 e. The Labute approximate surface area is 156 Å². The van der Waals surface area contributed by atoms with Crippen molar-refractivity contribution in [1.82, 2.24) is 19.9 Å². The van der Waals surface area contributed by atoms with Gasteiger partial charge in [0.15, 0.2) is 12.5 Å². The Morgan fingerprint density at radius 2 is 1.85 bits per heavy atom. The van der Waals surface area contributed by atoms with Crippen LogP contribution in [0.25, 0.3) is 11.0 Å². The average molecular weight is 371 g/mol. The van der Waals surface area contributed by atoms with E-state index in [2.05, 4.69) is 20.3 Å². The Balaban J connectivity index is 1.35. The number of alkyl halides is 2. The first-order chi connectivity index (χ1) is 13.1. The average Bonchev–Trinajstić information content (AvgIpc) is 3.18. The number of nitrogens with zero attached hydrogens (tertiary/aromatic N) is 3. The van der Waals surface area contributed by atoms with Gasteiger partial charge < -0.3 is 10.3 Å². The van der Waals surface area contributed by atoms with E-state index in [1.54, 1.807) is 17.0 Å². The zero-order chi connectivity index (χ0) is 18.8. The van der Waals surface area contributed by atoms with Crippen LogP contribution in [0.3, 0.4) is 0 Å². The van der Waals surface area contributed by atoms with Crippen molar-refractivity contribution in [3.8, 4) is 0 Å². The first-order valence-electron chi connectivity index (χ1n) is 9.25. The van der Waals surface area contributed by atoms with Gasteiger partial charge in [0.25, 0.3) is 0 Å². The quantitative estimate of drug-likeness (QED) is 0.662. The predicted molar refractivity (Wildman–Crippen MR) is 102 cm³/mol. The molecule has 0 spiro atoms. The molecule has 0 amide bonds. The monoisotopic (exact) mass is 371 g/mol. The number of hydrogen-bond acceptors (Lipinski definition) is 4. The Morgan fingerprint density at radius 3 is 2.59 bits per heavy atom. The van der Waals surface area contributed by atoms with Gasteiger partial charge in [-0.15, -0.1) is 0 Å². The number of anilines is 1. The molecule has 2 N–H and O–H groups in total. The van der Waals surface area contributed by atoms with Crippen molar-refractivity contribution in [2.24, 2.45) is 0 Å². The van der Waals surface area contributed by atoms with Gasteiger partial charge in [-0.1, -0.05) is 29.8 Å². The number of likely N-dealkylation sites (tertiary alicyclic amines) is 1. The molecule has 1 aromatic carbocycles. The fraction of sp³-hybridized carbons (Fsp3) is 0.400. The third-order valence-corrected chi connectivity index (χ3v) is 5.21. The number of halogens is 2. The molecule has 0 bridgehead atoms. The molecule has 0 aliphatic carbocycles. The lowest BCUT2D eigenvalue weighted by atomic mass is 10.0. The third kappa shape index (κ3) is 3.78. The second-order valence-electron chi connectivity index (χ2n) is 7.10. The minimum absolute atomic E-state index is 0.180. The van der Waals surface area contributed by atoms with E-state index in [9.17, 15) is 8.78 Å². The van der Waals surface area contributed by atoms with Gasteiger partial charge in [-0.2, -0.15) is 0 Å². The van der Waals surface area contributed by atoms with E-state index < -0.39 is 12.5 Å². The van der Waals surface area contributed by atoms with Crippen molar-refractivity contribution in [1.29, 1.82) is 0 Å². The number of H-pyrrole nitrogens is 1. The zero-order valence-electron chi connectivity index (χ0n) is 15.2. The maximum absolute atomic E-state index is 14.7. The number of rotatable bonds is 5. The van der Waals surface area contributed by atoms with Crippen LogP contribution >= 0.6 is 0 Å². The summed E-state index contributed by atoms with van der Waals surface area (Å²) in [5.74, 6) is 0.777. The van der Waals surface area contributed by atoms with E-state index in [1.807, 2.05) is 31.3 Å². The standard InChI is InChI=1S/C20H23F2N5/c1-13-2-4-14(5-3-13)17(21)18(22)27-10-7-15(8-11-27)26-20-16-6-9-23-19(16)24-12-25-20/h2-6,9,12,15,17-18H,7-8,10-11H2,1H3,(H2,23,24,25,26). The number of benzene rings is 1. The number of aromatic nitrogens is 3. The normalized spacial score (nSPS) is 18.5. The molecular weight excluding hydrogens is 348 g/mol. The minimum Gasteiger partial charge on any atom is -0.367 e. The molecule has 3 heterocycles. The highest BCUT2D eigenvalue weighted by Gasteiger charge is 2.32. The SMILES string of the molecule is Cc1ccc(C(F)C(F)N2CCC(Nc3ncnc4[nH]ccc34)CC2)cc1. The summed E-state index contributed by atoms with van der Waals surface area (Å²) in [5, 5.41) is 4.36. The Morgan fingerprint density at radius 1 is 1.11 bits per heavy atom. The van der Waals surface area contributed by atoms with Crippen LogP contribution in [0, 0.1) is 6.92 Å². The van der Waals surface area contributed by atoms with Crippen LogP contribution < -0.4 is 5.32 Å². The summed E-state index contributed by atoms with van der Waals surface area (Å²) in [4.78, 5) is 13.1. The van der Waals surface area contributed by atoms with Crippen molar-refractivity contribution >= 4 is 16.9 Å². The first-order valence-corrected chi connectivity index (χ1v) is 9.25. The summed E-state index contributed by atoms with van der Waals surface area (Å²) in [7, 11) is 0. The fourth-order valence-corrected chi connectivity index (χ4v) is 3.57. The first kappa shape index (κ1) is 17.9. The number of hydrogen-bond donors (Lipinski definition) is 2. The molecule has 0 radical (unpaired) electrons. The second kappa shape index (κ2) is 7.60. The van der Waals surface area contributed by atoms with Gasteiger partial charge in [-0.05, 0) is 31.4 Å². The summed E-state index contributed by atoms with van der Waals surface area (Å²) < 4.78 is 29.3. The Kier molecular flexibility index (Phi) is 5.03. The number of aryl methyl sites for hydroxylation is 1. The van der Waals surface area contributed by atoms with Gasteiger partial charge in [0, 0.05) is 25.3 Å². The molecule has 1 aliphatic heterocycles. The molecule has 4 rings (SSSR count). The van der Waals surface area contributed by atoms with Crippen molar-refractivity contribution in [2.45, 2.75) is 38.3 Å². The molecule has 1 saturated heterocycles. The van der Waals surface area contributed by atoms with Crippen molar-refractivity contribution in [3.63, 3.8) is 0 Å². The lowest BCUT2D eigenvalue weighted by molar-refractivity contribution is -0.00100. The molecule has 7 heteroatoms. The highest BCUT2D eigenvalue weighted by atomic mass is 19.2. The molecule has 27 heavy (non-hydrogen) atoms. The summed E-state index contributed by atoms with van der Waals surface area (Å²) in [5.41, 5.74) is 2.21. The third-order valence-electron chi connectivity index (χ3n) is 5.21. The molecule has 0 saturated carbocycles. The molecule has 142 valence electrons. The van der Waals surface area contributed by atoms with E-state index in [4.69, 9.17) is 0 Å². The van der Waals surface area contributed by atoms with E-state index in [1.165, 1.54) is 6.33 Å². The molecule has 1 fully saturated rings. The fourth-order valence-electron chi connectivity index (χ4n) is 3.57. The van der Waals surface area contributed by atoms with E-state index >= 15 is 0 Å². The van der Waals surface area contributed by atoms with Crippen LogP contribution in [-0.2, 0) is 0 Å². The topological polar surface area (TPSA) is 56.8 Å². The van der Waals surface area contributed by atoms with Crippen molar-refractivity contribution in [2.75, 3.05) is 18.4 Å². The molecule has 3 aromatic rings. The Hall–Kier alpha value is -2.54. The molecule has 1 aliphatic rings. The van der Waals surface area contributed by atoms with Gasteiger partial charge in [-0.25, -0.2) is 18.7 Å². The highest BCUT2D eigenvalue weighted by molar-refractivity contribution is 5.86. The predicted octanol–water partition coefficient (Wildman–Crippen LogP) is 4.15. The van der Waals surface area contributed by atoms with Crippen LogP contribution in [0.2, 0.25) is 0 Å². The van der Waals surface area contributed by atoms with Crippen LogP contribution in [-0.4, -0.2) is 45.3 Å². The van der Waals surface area contributed by atoms with E-state index in [-0.39, 0.29) is 6.04 Å². The van der Waals surface area contributed by atoms with Gasteiger partial charge in [0.05, 0.1) is 5.39 Å². The van der Waals surface area contributed by atoms with Crippen LogP contribution in [0.15, 0.2) is 42.9 Å². The molecular formula is C20H23F2N5. The van der Waals surface area contributed by atoms with Crippen molar-refractivity contribution in [3.05, 3.63) is 54.0 Å². The Bertz CT molecular complexity index is 887. The zero-order valence-corrected chi connectivity index (χ0v) is 15.2. The smallest absolute Gasteiger partial charge is 0.189 e. The number of fused-ring (bicyclic) bond motifs is 1. The number of nitrogens with one attached hydrogen (secondary N) is 2. The maximum atomic E-state index is 14.7. The maximum Gasteiger partial charge on any atom is 0.189 e. The molecule has 2 unspecified atom stereocenters. The summed E-state index contributed by atoms with van der Waals surface area (Å²) in [6.07, 6.45) is 1.56. The summed E-state index contributed by atoms with van der Waals surface area (Å²) in [6, 6.07) is 9.07. The van der Waals surface area contributed by atoms with Gasteiger partial charge >= 0.3 is 0 Å². The molecule has 2 atom stereocenters. The summed E-state index contributed by atoms with van der Waals surface area (Å²) in [6.45, 7) is 2.94. The minimum atomic E-state index is -1.63. The van der Waals surface area contributed by atoms with Crippen molar-refractivity contribution < 1.29 is 8.78 Å². The van der Waals surface area contributed by atoms with E-state index in [0.29, 0.717) is 18.7 Å².